The molecule has 1 aliphatic heterocycles. The topological polar surface area (TPSA) is 73.6 Å². The van der Waals surface area contributed by atoms with Gasteiger partial charge in [-0.05, 0) is 48.6 Å². The molecule has 1 aliphatic rings. The Labute approximate surface area is 164 Å². The minimum Gasteiger partial charge on any atom is -0.489 e. The van der Waals surface area contributed by atoms with Gasteiger partial charge >= 0.3 is 0 Å². The summed E-state index contributed by atoms with van der Waals surface area (Å²) in [4.78, 5) is 12.4. The first-order chi connectivity index (χ1) is 12.6. The Balaban J connectivity index is 0.00000261. The van der Waals surface area contributed by atoms with Crippen LogP contribution in [0.5, 0.6) is 5.75 Å². The molecule has 1 heterocycles. The fourth-order valence-corrected chi connectivity index (χ4v) is 2.97. The van der Waals surface area contributed by atoms with Crippen molar-refractivity contribution >= 4 is 24.0 Å². The van der Waals surface area contributed by atoms with Crippen LogP contribution in [0, 0.1) is 11.7 Å². The van der Waals surface area contributed by atoms with Gasteiger partial charge in [0.1, 0.15) is 18.2 Å². The SMILES string of the molecule is Cl.NC(C(=O)Nc1cccc(OCc2cccc(F)c2)c1)C1CCOCC1. The predicted molar refractivity (Wildman–Crippen MR) is 105 cm³/mol. The summed E-state index contributed by atoms with van der Waals surface area (Å²) >= 11 is 0. The number of amides is 1. The summed E-state index contributed by atoms with van der Waals surface area (Å²) in [6, 6.07) is 12.8. The number of halogens is 2. The predicted octanol–water partition coefficient (Wildman–Crippen LogP) is 3.52. The van der Waals surface area contributed by atoms with Crippen molar-refractivity contribution in [3.63, 3.8) is 0 Å². The van der Waals surface area contributed by atoms with E-state index >= 15 is 0 Å². The molecule has 1 atom stereocenters. The van der Waals surface area contributed by atoms with Crippen LogP contribution in [-0.4, -0.2) is 25.2 Å². The Kier molecular flexibility index (Phi) is 8.03. The Hall–Kier alpha value is -2.15. The Bertz CT molecular complexity index is 754. The van der Waals surface area contributed by atoms with Crippen LogP contribution in [0.25, 0.3) is 0 Å². The highest BCUT2D eigenvalue weighted by molar-refractivity contribution is 5.95. The molecule has 1 amide bonds. The van der Waals surface area contributed by atoms with Crippen molar-refractivity contribution in [1.29, 1.82) is 0 Å². The number of nitrogens with one attached hydrogen (secondary N) is 1. The number of ether oxygens (including phenoxy) is 2. The molecule has 1 unspecified atom stereocenters. The van der Waals surface area contributed by atoms with Crippen LogP contribution in [-0.2, 0) is 16.1 Å². The lowest BCUT2D eigenvalue weighted by atomic mass is 9.92. The van der Waals surface area contributed by atoms with Crippen LogP contribution >= 0.6 is 12.4 Å². The van der Waals surface area contributed by atoms with E-state index in [9.17, 15) is 9.18 Å². The van der Waals surface area contributed by atoms with E-state index in [1.165, 1.54) is 12.1 Å². The van der Waals surface area contributed by atoms with Crippen molar-refractivity contribution in [1.82, 2.24) is 0 Å². The maximum atomic E-state index is 13.2. The molecule has 2 aromatic carbocycles. The van der Waals surface area contributed by atoms with E-state index in [2.05, 4.69) is 5.32 Å². The maximum absolute atomic E-state index is 13.2. The van der Waals surface area contributed by atoms with Crippen LogP contribution in [0.3, 0.4) is 0 Å². The highest BCUT2D eigenvalue weighted by atomic mass is 35.5. The molecule has 7 heteroatoms. The third-order valence-electron chi connectivity index (χ3n) is 4.47. The average Bonchev–Trinajstić information content (AvgIpc) is 2.67. The van der Waals surface area contributed by atoms with Crippen molar-refractivity contribution in [2.45, 2.75) is 25.5 Å². The smallest absolute Gasteiger partial charge is 0.241 e. The molecule has 0 radical (unpaired) electrons. The van der Waals surface area contributed by atoms with E-state index in [-0.39, 0.29) is 36.7 Å². The van der Waals surface area contributed by atoms with E-state index in [4.69, 9.17) is 15.2 Å². The lowest BCUT2D eigenvalue weighted by molar-refractivity contribution is -0.119. The van der Waals surface area contributed by atoms with Gasteiger partial charge in [-0.3, -0.25) is 4.79 Å². The molecule has 2 aromatic rings. The zero-order valence-electron chi connectivity index (χ0n) is 14.9. The van der Waals surface area contributed by atoms with Gasteiger partial charge in [0, 0.05) is 25.0 Å². The first-order valence-electron chi connectivity index (χ1n) is 8.73. The number of nitrogens with two attached hydrogens (primary N) is 1. The molecule has 0 aliphatic carbocycles. The van der Waals surface area contributed by atoms with Gasteiger partial charge in [0.15, 0.2) is 0 Å². The molecule has 0 spiro atoms. The number of hydrogen-bond acceptors (Lipinski definition) is 4. The first-order valence-corrected chi connectivity index (χ1v) is 8.73. The normalized spacial score (nSPS) is 15.5. The number of carbonyl (C=O) groups excluding carboxylic acids is 1. The van der Waals surface area contributed by atoms with E-state index in [1.54, 1.807) is 36.4 Å². The molecule has 0 aromatic heterocycles. The highest BCUT2D eigenvalue weighted by Gasteiger charge is 2.26. The van der Waals surface area contributed by atoms with E-state index in [1.807, 2.05) is 0 Å². The molecule has 3 rings (SSSR count). The van der Waals surface area contributed by atoms with E-state index in [0.717, 1.165) is 18.4 Å². The first kappa shape index (κ1) is 21.2. The lowest BCUT2D eigenvalue weighted by Crippen LogP contribution is -2.43. The van der Waals surface area contributed by atoms with Crippen LogP contribution in [0.15, 0.2) is 48.5 Å². The Morgan fingerprint density at radius 2 is 1.96 bits per heavy atom. The summed E-state index contributed by atoms with van der Waals surface area (Å²) in [5.41, 5.74) is 7.45. The molecule has 0 bridgehead atoms. The third-order valence-corrected chi connectivity index (χ3v) is 4.47. The fourth-order valence-electron chi connectivity index (χ4n) is 2.97. The number of carbonyl (C=O) groups is 1. The molecule has 27 heavy (non-hydrogen) atoms. The summed E-state index contributed by atoms with van der Waals surface area (Å²) in [5.74, 6) is 0.219. The summed E-state index contributed by atoms with van der Waals surface area (Å²) in [6.07, 6.45) is 1.59. The summed E-state index contributed by atoms with van der Waals surface area (Å²) in [6.45, 7) is 1.54. The van der Waals surface area contributed by atoms with Crippen LogP contribution in [0.4, 0.5) is 10.1 Å². The van der Waals surface area contributed by atoms with Crippen molar-refractivity contribution in [3.05, 3.63) is 59.9 Å². The Morgan fingerprint density at radius 1 is 1.22 bits per heavy atom. The number of hydrogen-bond donors (Lipinski definition) is 2. The van der Waals surface area contributed by atoms with Gasteiger partial charge in [-0.25, -0.2) is 4.39 Å². The number of benzene rings is 2. The largest absolute Gasteiger partial charge is 0.489 e. The summed E-state index contributed by atoms with van der Waals surface area (Å²) in [5, 5.41) is 2.84. The van der Waals surface area contributed by atoms with Crippen LogP contribution < -0.4 is 15.8 Å². The summed E-state index contributed by atoms with van der Waals surface area (Å²) < 4.78 is 24.2. The monoisotopic (exact) mass is 394 g/mol. The zero-order valence-corrected chi connectivity index (χ0v) is 15.7. The van der Waals surface area contributed by atoms with Crippen molar-refractivity contribution in [2.75, 3.05) is 18.5 Å². The van der Waals surface area contributed by atoms with Crippen molar-refractivity contribution in [2.24, 2.45) is 11.7 Å². The summed E-state index contributed by atoms with van der Waals surface area (Å²) in [7, 11) is 0. The molecular weight excluding hydrogens is 371 g/mol. The standard InChI is InChI=1S/C20H23FN2O3.ClH/c21-16-4-1-3-14(11-16)13-26-18-6-2-5-17(12-18)23-20(24)19(22)15-7-9-25-10-8-15;/h1-6,11-12,15,19H,7-10,13,22H2,(H,23,24);1H. The quantitative estimate of drug-likeness (QED) is 0.786. The number of rotatable bonds is 6. The highest BCUT2D eigenvalue weighted by Crippen LogP contribution is 2.21. The molecular formula is C20H24ClFN2O3. The molecule has 5 nitrogen and oxygen atoms in total. The second-order valence-corrected chi connectivity index (χ2v) is 6.41. The maximum Gasteiger partial charge on any atom is 0.241 e. The van der Waals surface area contributed by atoms with Crippen molar-refractivity contribution in [3.8, 4) is 5.75 Å². The van der Waals surface area contributed by atoms with Gasteiger partial charge in [0.25, 0.3) is 0 Å². The van der Waals surface area contributed by atoms with Gasteiger partial charge in [0.05, 0.1) is 6.04 Å². The minimum atomic E-state index is -0.559. The number of anilines is 1. The van der Waals surface area contributed by atoms with Gasteiger partial charge in [-0.1, -0.05) is 18.2 Å². The second-order valence-electron chi connectivity index (χ2n) is 6.41. The molecule has 1 fully saturated rings. The van der Waals surface area contributed by atoms with Gasteiger partial charge in [-0.15, -0.1) is 12.4 Å². The molecule has 3 N–H and O–H groups in total. The Morgan fingerprint density at radius 3 is 2.70 bits per heavy atom. The van der Waals surface area contributed by atoms with Crippen LogP contribution in [0.1, 0.15) is 18.4 Å². The van der Waals surface area contributed by atoms with Gasteiger partial charge in [-0.2, -0.15) is 0 Å². The lowest BCUT2D eigenvalue weighted by Gasteiger charge is -2.26. The molecule has 1 saturated heterocycles. The minimum absolute atomic E-state index is 0. The van der Waals surface area contributed by atoms with Crippen molar-refractivity contribution < 1.29 is 18.7 Å². The van der Waals surface area contributed by atoms with E-state index in [0.29, 0.717) is 24.7 Å². The molecule has 146 valence electrons. The zero-order chi connectivity index (χ0) is 18.4. The third kappa shape index (κ3) is 6.20. The van der Waals surface area contributed by atoms with E-state index < -0.39 is 6.04 Å². The molecule has 0 saturated carbocycles. The second kappa shape index (κ2) is 10.3. The van der Waals surface area contributed by atoms with Gasteiger partial charge < -0.3 is 20.5 Å². The average molecular weight is 395 g/mol. The van der Waals surface area contributed by atoms with Crippen LogP contribution in [0.2, 0.25) is 0 Å². The fraction of sp³-hybridized carbons (Fsp3) is 0.350. The van der Waals surface area contributed by atoms with Gasteiger partial charge in [0.2, 0.25) is 5.91 Å².